The van der Waals surface area contributed by atoms with Crippen LogP contribution in [0, 0.1) is 0 Å². The number of rotatable bonds is 12. The number of anilines is 6. The molecule has 0 aliphatic rings. The first-order valence-corrected chi connectivity index (χ1v) is 18.3. The Morgan fingerprint density at radius 2 is 0.684 bits per heavy atom. The van der Waals surface area contributed by atoms with Crippen molar-refractivity contribution in [2.24, 2.45) is 0 Å². The molecule has 0 bridgehead atoms. The lowest BCUT2D eigenvalue weighted by atomic mass is 10.1. The zero-order chi connectivity index (χ0) is 39.1. The van der Waals surface area contributed by atoms with Crippen molar-refractivity contribution in [2.45, 2.75) is 0 Å². The quantitative estimate of drug-likeness (QED) is 0.0701. The van der Waals surface area contributed by atoms with Gasteiger partial charge in [0.05, 0.1) is 0 Å². The molecule has 8 aromatic rings. The fraction of sp³-hybridized carbons (Fsp3) is 0. The third-order valence-corrected chi connectivity index (χ3v) is 9.33. The second kappa shape index (κ2) is 16.2. The summed E-state index contributed by atoms with van der Waals surface area (Å²) < 4.78 is 17.0. The van der Waals surface area contributed by atoms with Gasteiger partial charge < -0.3 is 24.0 Å². The first-order chi connectivity index (χ1) is 27.9. The number of fused-ring (bicyclic) bond motifs is 2. The predicted octanol–water partition coefficient (Wildman–Crippen LogP) is 12.9. The normalized spacial score (nSPS) is 10.7. The molecule has 0 spiro atoms. The van der Waals surface area contributed by atoms with Gasteiger partial charge in [-0.05, 0) is 143 Å². The summed E-state index contributed by atoms with van der Waals surface area (Å²) in [5, 5.41) is 3.90. The summed E-state index contributed by atoms with van der Waals surface area (Å²) in [7, 11) is 0. The summed E-state index contributed by atoms with van der Waals surface area (Å²) in [5.74, 6) is 1.35. The molecule has 0 unspecified atom stereocenters. The van der Waals surface area contributed by atoms with Crippen LogP contribution in [0.2, 0.25) is 0 Å². The highest BCUT2D eigenvalue weighted by molar-refractivity contribution is 5.93. The first-order valence-electron chi connectivity index (χ1n) is 18.3. The maximum atomic E-state index is 11.7. The Hall–Kier alpha value is -7.90. The summed E-state index contributed by atoms with van der Waals surface area (Å²) >= 11 is 0. The molecule has 276 valence electrons. The van der Waals surface area contributed by atoms with E-state index in [4.69, 9.17) is 14.2 Å². The number of hydrogen-bond donors (Lipinski definition) is 0. The molecule has 0 aliphatic heterocycles. The van der Waals surface area contributed by atoms with Crippen molar-refractivity contribution in [3.8, 4) is 23.0 Å². The van der Waals surface area contributed by atoms with Gasteiger partial charge in [-0.2, -0.15) is 0 Å². The zero-order valence-corrected chi connectivity index (χ0v) is 30.8. The molecule has 8 rings (SSSR count). The van der Waals surface area contributed by atoms with Gasteiger partial charge in [-0.15, -0.1) is 0 Å². The number of ether oxygens (including phenoxy) is 3. The van der Waals surface area contributed by atoms with Crippen LogP contribution >= 0.6 is 0 Å². The van der Waals surface area contributed by atoms with E-state index in [1.165, 1.54) is 0 Å². The van der Waals surface area contributed by atoms with Gasteiger partial charge in [0.15, 0.2) is 0 Å². The second-order valence-corrected chi connectivity index (χ2v) is 13.1. The number of nitrogens with zero attached hydrogens (tertiary/aromatic N) is 2. The molecule has 57 heavy (non-hydrogen) atoms. The van der Waals surface area contributed by atoms with Crippen molar-refractivity contribution < 1.29 is 23.8 Å². The molecule has 7 heteroatoms. The third kappa shape index (κ3) is 8.13. The largest absolute Gasteiger partial charge is 0.457 e. The first kappa shape index (κ1) is 36.1. The Morgan fingerprint density at radius 1 is 0.368 bits per heavy atom. The number of hydrogen-bond acceptors (Lipinski definition) is 7. The van der Waals surface area contributed by atoms with Crippen LogP contribution in [0.15, 0.2) is 207 Å². The van der Waals surface area contributed by atoms with E-state index in [0.29, 0.717) is 23.0 Å². The molecule has 0 aliphatic carbocycles. The van der Waals surface area contributed by atoms with E-state index in [-0.39, 0.29) is 0 Å². The molecule has 0 atom stereocenters. The summed E-state index contributed by atoms with van der Waals surface area (Å²) in [4.78, 5) is 27.8. The third-order valence-electron chi connectivity index (χ3n) is 9.33. The maximum Gasteiger partial charge on any atom is 0.335 e. The topological polar surface area (TPSA) is 68.3 Å². The number of esters is 2. The van der Waals surface area contributed by atoms with Gasteiger partial charge in [-0.25, -0.2) is 9.59 Å². The second-order valence-electron chi connectivity index (χ2n) is 13.1. The van der Waals surface area contributed by atoms with Crippen molar-refractivity contribution in [3.63, 3.8) is 0 Å². The zero-order valence-electron chi connectivity index (χ0n) is 30.8. The summed E-state index contributed by atoms with van der Waals surface area (Å²) in [5.41, 5.74) is 5.88. The Balaban J connectivity index is 1.04. The van der Waals surface area contributed by atoms with Gasteiger partial charge in [0, 0.05) is 46.3 Å². The van der Waals surface area contributed by atoms with Crippen LogP contribution in [0.1, 0.15) is 0 Å². The lowest BCUT2D eigenvalue weighted by Gasteiger charge is -2.26. The summed E-state index contributed by atoms with van der Waals surface area (Å²) in [6, 6.07) is 59.9. The molecule has 0 radical (unpaired) electrons. The predicted molar refractivity (Wildman–Crippen MR) is 229 cm³/mol. The summed E-state index contributed by atoms with van der Waals surface area (Å²) in [6.45, 7) is 6.95. The van der Waals surface area contributed by atoms with Crippen LogP contribution in [0.5, 0.6) is 23.0 Å². The maximum absolute atomic E-state index is 11.7. The van der Waals surface area contributed by atoms with Gasteiger partial charge in [0.1, 0.15) is 23.0 Å². The highest BCUT2D eigenvalue weighted by atomic mass is 16.5. The van der Waals surface area contributed by atoms with E-state index in [1.807, 2.05) is 121 Å². The standard InChI is InChI=1S/C50H36N2O5/c1-3-49(53)56-47-25-17-35-31-43(19-15-37(35)33-47)51(39-11-7-5-8-12-39)41-21-27-45(28-22-41)55-46-29-23-42(24-30-46)52(40-13-9-6-10-14-40)44-20-16-38-34-48(57-50(54)4-2)26-18-36(38)32-44/h3-34H,1-2H2. The molecule has 8 aromatic carbocycles. The Kier molecular flexibility index (Phi) is 10.3. The average molecular weight is 745 g/mol. The minimum atomic E-state index is -0.495. The van der Waals surface area contributed by atoms with Gasteiger partial charge in [0.25, 0.3) is 0 Å². The average Bonchev–Trinajstić information content (AvgIpc) is 3.25. The Bertz CT molecular complexity index is 2540. The van der Waals surface area contributed by atoms with Crippen LogP contribution in [0.25, 0.3) is 21.5 Å². The number of benzene rings is 8. The fourth-order valence-corrected chi connectivity index (χ4v) is 6.65. The summed E-state index contributed by atoms with van der Waals surface area (Å²) in [6.07, 6.45) is 2.30. The molecule has 0 heterocycles. The van der Waals surface area contributed by atoms with E-state index < -0.39 is 11.9 Å². The lowest BCUT2D eigenvalue weighted by Crippen LogP contribution is -2.10. The SMILES string of the molecule is C=CC(=O)Oc1ccc2cc(N(c3ccccc3)c3ccc(Oc4ccc(N(c5ccccc5)c5ccc6cc(OC(=O)C=C)ccc6c5)cc4)cc3)ccc2c1. The molecule has 0 fully saturated rings. The fourth-order valence-electron chi connectivity index (χ4n) is 6.65. The van der Waals surface area contributed by atoms with E-state index in [1.54, 1.807) is 12.1 Å². The van der Waals surface area contributed by atoms with Crippen molar-refractivity contribution in [1.29, 1.82) is 0 Å². The smallest absolute Gasteiger partial charge is 0.335 e. The Labute approximate surface area is 330 Å². The van der Waals surface area contributed by atoms with Gasteiger partial charge in [-0.3, -0.25) is 0 Å². The molecule has 7 nitrogen and oxygen atoms in total. The van der Waals surface area contributed by atoms with Crippen LogP contribution in [0.4, 0.5) is 34.1 Å². The molecule has 0 amide bonds. The highest BCUT2D eigenvalue weighted by Gasteiger charge is 2.16. The van der Waals surface area contributed by atoms with Crippen molar-refractivity contribution in [1.82, 2.24) is 0 Å². The lowest BCUT2D eigenvalue weighted by molar-refractivity contribution is -0.129. The molecule has 0 N–H and O–H groups in total. The highest BCUT2D eigenvalue weighted by Crippen LogP contribution is 2.40. The van der Waals surface area contributed by atoms with E-state index in [0.717, 1.165) is 67.8 Å². The monoisotopic (exact) mass is 744 g/mol. The van der Waals surface area contributed by atoms with E-state index in [2.05, 4.69) is 71.5 Å². The molecular weight excluding hydrogens is 709 g/mol. The van der Waals surface area contributed by atoms with Gasteiger partial charge in [0.2, 0.25) is 0 Å². The van der Waals surface area contributed by atoms with Crippen LogP contribution in [-0.4, -0.2) is 11.9 Å². The van der Waals surface area contributed by atoms with Crippen molar-refractivity contribution in [2.75, 3.05) is 9.80 Å². The van der Waals surface area contributed by atoms with Crippen LogP contribution in [0.3, 0.4) is 0 Å². The minimum absolute atomic E-state index is 0.468. The van der Waals surface area contributed by atoms with E-state index in [9.17, 15) is 9.59 Å². The molecule has 0 aromatic heterocycles. The molecular formula is C50H36N2O5. The van der Waals surface area contributed by atoms with Crippen molar-refractivity contribution >= 4 is 67.6 Å². The Morgan fingerprint density at radius 3 is 1.07 bits per heavy atom. The molecule has 0 saturated carbocycles. The van der Waals surface area contributed by atoms with Gasteiger partial charge >= 0.3 is 11.9 Å². The van der Waals surface area contributed by atoms with Crippen molar-refractivity contribution in [3.05, 3.63) is 207 Å². The van der Waals surface area contributed by atoms with Crippen LogP contribution < -0.4 is 24.0 Å². The van der Waals surface area contributed by atoms with Crippen LogP contribution in [-0.2, 0) is 9.59 Å². The van der Waals surface area contributed by atoms with E-state index >= 15 is 0 Å². The number of carbonyl (C=O) groups excluding carboxylic acids is 2. The van der Waals surface area contributed by atoms with Gasteiger partial charge in [-0.1, -0.05) is 73.8 Å². The molecule has 0 saturated heterocycles. The number of para-hydroxylation sites is 2. The minimum Gasteiger partial charge on any atom is -0.457 e. The number of carbonyl (C=O) groups is 2.